The van der Waals surface area contributed by atoms with Gasteiger partial charge >= 0.3 is 0 Å². The average Bonchev–Trinajstić information content (AvgIpc) is 3.33. The zero-order valence-corrected chi connectivity index (χ0v) is 21.4. The number of allylic oxidation sites excluding steroid dienone is 2. The lowest BCUT2D eigenvalue weighted by Gasteiger charge is -2.45. The van der Waals surface area contributed by atoms with E-state index < -0.39 is 5.92 Å². The summed E-state index contributed by atoms with van der Waals surface area (Å²) in [6.45, 7) is 8.26. The lowest BCUT2D eigenvalue weighted by molar-refractivity contribution is -0.118. The predicted molar refractivity (Wildman–Crippen MR) is 144 cm³/mol. The Kier molecular flexibility index (Phi) is 5.76. The van der Waals surface area contributed by atoms with Crippen molar-refractivity contribution < 1.29 is 9.90 Å². The highest BCUT2D eigenvalue weighted by Gasteiger charge is 2.47. The van der Waals surface area contributed by atoms with Crippen molar-refractivity contribution in [2.24, 2.45) is 5.41 Å². The number of carbonyl (C=O) groups is 1. The van der Waals surface area contributed by atoms with Crippen molar-refractivity contribution in [1.82, 2.24) is 0 Å². The van der Waals surface area contributed by atoms with E-state index in [2.05, 4.69) is 13.8 Å². The van der Waals surface area contributed by atoms with Gasteiger partial charge in [0, 0.05) is 33.8 Å². The summed E-state index contributed by atoms with van der Waals surface area (Å²) in [7, 11) is 0. The first-order valence-electron chi connectivity index (χ1n) is 11.9. The number of anilines is 1. The van der Waals surface area contributed by atoms with E-state index in [1.807, 2.05) is 84.8 Å². The van der Waals surface area contributed by atoms with Gasteiger partial charge in [-0.2, -0.15) is 0 Å². The van der Waals surface area contributed by atoms with E-state index in [0.717, 1.165) is 27.4 Å². The Balaban J connectivity index is 1.82. The number of rotatable bonds is 3. The highest BCUT2D eigenvalue weighted by Crippen LogP contribution is 2.51. The topological polar surface area (TPSA) is 64.4 Å². The van der Waals surface area contributed by atoms with E-state index >= 15 is 0 Å². The lowest BCUT2D eigenvalue weighted by atomic mass is 9.68. The van der Waals surface area contributed by atoms with Crippen LogP contribution in [0.25, 0.3) is 5.76 Å². The number of aliphatic hydroxyl groups is 1. The predicted octanol–water partition coefficient (Wildman–Crippen LogP) is 7.56. The second-order valence-corrected chi connectivity index (χ2v) is 11.4. The van der Waals surface area contributed by atoms with Crippen LogP contribution in [0.4, 0.5) is 5.69 Å². The Morgan fingerprint density at radius 2 is 1.63 bits per heavy atom. The maximum absolute atomic E-state index is 13.8. The largest absolute Gasteiger partial charge is 0.507 e. The van der Waals surface area contributed by atoms with Gasteiger partial charge in [0.1, 0.15) is 11.6 Å². The van der Waals surface area contributed by atoms with Gasteiger partial charge in [0.15, 0.2) is 5.78 Å². The number of carbonyl (C=O) groups excluding carboxylic acids is 1. The van der Waals surface area contributed by atoms with Crippen LogP contribution in [0.15, 0.2) is 82.9 Å². The van der Waals surface area contributed by atoms with Crippen LogP contribution in [-0.2, 0) is 4.79 Å². The third-order valence-electron chi connectivity index (χ3n) is 6.92. The third kappa shape index (κ3) is 4.14. The molecule has 1 unspecified atom stereocenters. The molecule has 1 aromatic heterocycles. The van der Waals surface area contributed by atoms with Crippen molar-refractivity contribution in [3.05, 3.63) is 104 Å². The number of aliphatic hydroxyl groups excluding tert-OH is 1. The molecule has 4 nitrogen and oxygen atoms in total. The van der Waals surface area contributed by atoms with E-state index in [1.54, 1.807) is 11.3 Å². The van der Waals surface area contributed by atoms with Crippen LogP contribution < -0.4 is 4.90 Å². The van der Waals surface area contributed by atoms with Gasteiger partial charge in [-0.15, -0.1) is 11.3 Å². The van der Waals surface area contributed by atoms with Gasteiger partial charge in [-0.1, -0.05) is 67.4 Å². The number of hydrogen-bond donors (Lipinski definition) is 2. The number of nitrogens with one attached hydrogen (secondary N) is 1. The van der Waals surface area contributed by atoms with Crippen molar-refractivity contribution in [2.45, 2.75) is 46.5 Å². The Bertz CT molecular complexity index is 1360. The highest BCUT2D eigenvalue weighted by atomic mass is 32.1. The molecule has 0 radical (unpaired) electrons. The first-order chi connectivity index (χ1) is 16.7. The van der Waals surface area contributed by atoms with Gasteiger partial charge in [-0.25, -0.2) is 0 Å². The normalized spacial score (nSPS) is 21.3. The Morgan fingerprint density at radius 1 is 1.00 bits per heavy atom. The molecular weight excluding hydrogens is 452 g/mol. The number of hydrogen-bond acceptors (Lipinski definition) is 4. The number of thiophene rings is 1. The molecule has 0 fully saturated rings. The number of nitrogens with zero attached hydrogens (tertiary/aromatic N) is 1. The molecule has 178 valence electrons. The zero-order chi connectivity index (χ0) is 24.9. The number of benzene rings is 2. The maximum atomic E-state index is 13.8. The summed E-state index contributed by atoms with van der Waals surface area (Å²) in [5.74, 6) is -0.109. The molecule has 1 aliphatic carbocycles. The molecule has 0 spiro atoms. The second kappa shape index (κ2) is 8.65. The Morgan fingerprint density at radius 3 is 2.23 bits per heavy atom. The summed E-state index contributed by atoms with van der Waals surface area (Å²) in [4.78, 5) is 16.6. The molecule has 35 heavy (non-hydrogen) atoms. The van der Waals surface area contributed by atoms with E-state index in [0.29, 0.717) is 29.6 Å². The van der Waals surface area contributed by atoms with Crippen LogP contribution in [0, 0.1) is 24.7 Å². The van der Waals surface area contributed by atoms with Gasteiger partial charge in [-0.05, 0) is 49.3 Å². The summed E-state index contributed by atoms with van der Waals surface area (Å²) in [6.07, 6.45) is 1.13. The zero-order valence-electron chi connectivity index (χ0n) is 20.6. The molecule has 2 N–H and O–H groups in total. The van der Waals surface area contributed by atoms with Crippen molar-refractivity contribution in [1.29, 1.82) is 5.41 Å². The maximum Gasteiger partial charge on any atom is 0.162 e. The van der Waals surface area contributed by atoms with Crippen LogP contribution in [-0.4, -0.2) is 16.7 Å². The van der Waals surface area contributed by atoms with Gasteiger partial charge in [0.05, 0.1) is 11.5 Å². The quantitative estimate of drug-likeness (QED) is 0.379. The molecule has 3 aromatic rings. The standard InChI is InChI=1S/C30H30N2O2S/c1-18-7-11-20(12-8-18)28(34)27-26(24-6-5-15-35-24)25-22(16-30(3,4)17-23(25)33)32(29(27)31)21-13-9-19(2)10-14-21/h5-15,26,31,34H,16-17H2,1-4H3/b28-27+,31-29?. The molecular formula is C30H30N2O2S. The van der Waals surface area contributed by atoms with Gasteiger partial charge in [0.25, 0.3) is 0 Å². The van der Waals surface area contributed by atoms with Crippen LogP contribution in [0.5, 0.6) is 0 Å². The smallest absolute Gasteiger partial charge is 0.162 e. The fraction of sp³-hybridized carbons (Fsp3) is 0.267. The van der Waals surface area contributed by atoms with Crippen LogP contribution >= 0.6 is 11.3 Å². The van der Waals surface area contributed by atoms with Crippen LogP contribution in [0.1, 0.15) is 54.2 Å². The average molecular weight is 483 g/mol. The van der Waals surface area contributed by atoms with Gasteiger partial charge in [0.2, 0.25) is 0 Å². The van der Waals surface area contributed by atoms with E-state index in [9.17, 15) is 15.3 Å². The molecule has 0 bridgehead atoms. The summed E-state index contributed by atoms with van der Waals surface area (Å²) in [5, 5.41) is 23.1. The lowest BCUT2D eigenvalue weighted by Crippen LogP contribution is -2.45. The molecule has 0 amide bonds. The first-order valence-corrected chi connectivity index (χ1v) is 12.8. The second-order valence-electron chi connectivity index (χ2n) is 10.4. The van der Waals surface area contributed by atoms with E-state index in [4.69, 9.17) is 0 Å². The number of ketones is 1. The first kappa shape index (κ1) is 23.3. The molecule has 0 saturated carbocycles. The van der Waals surface area contributed by atoms with Crippen molar-refractivity contribution in [3.8, 4) is 0 Å². The van der Waals surface area contributed by atoms with Crippen molar-refractivity contribution in [3.63, 3.8) is 0 Å². The molecule has 2 aliphatic rings. The minimum Gasteiger partial charge on any atom is -0.507 e. The molecule has 2 heterocycles. The number of Topliss-reactive ketones (excluding diaryl/α,β-unsaturated/α-hetero) is 1. The van der Waals surface area contributed by atoms with E-state index in [1.165, 1.54) is 0 Å². The number of aryl methyl sites for hydroxylation is 2. The summed E-state index contributed by atoms with van der Waals surface area (Å²) in [5.41, 5.74) is 5.54. The summed E-state index contributed by atoms with van der Waals surface area (Å²) < 4.78 is 0. The van der Waals surface area contributed by atoms with Crippen molar-refractivity contribution >= 4 is 34.4 Å². The molecule has 5 heteroatoms. The minimum atomic E-state index is -0.468. The molecule has 5 rings (SSSR count). The minimum absolute atomic E-state index is 0.0506. The molecule has 1 atom stereocenters. The van der Waals surface area contributed by atoms with Crippen molar-refractivity contribution in [2.75, 3.05) is 4.90 Å². The Hall–Kier alpha value is -3.44. The fourth-order valence-corrected chi connectivity index (χ4v) is 6.04. The van der Waals surface area contributed by atoms with E-state index in [-0.39, 0.29) is 22.8 Å². The highest BCUT2D eigenvalue weighted by molar-refractivity contribution is 7.10. The van der Waals surface area contributed by atoms with Gasteiger partial charge < -0.3 is 5.11 Å². The number of amidine groups is 1. The van der Waals surface area contributed by atoms with Crippen LogP contribution in [0.3, 0.4) is 0 Å². The monoisotopic (exact) mass is 482 g/mol. The third-order valence-corrected chi connectivity index (χ3v) is 7.86. The van der Waals surface area contributed by atoms with Crippen LogP contribution in [0.2, 0.25) is 0 Å². The SMILES string of the molecule is Cc1ccc(/C(O)=C2\C(=N)N(c3ccc(C)cc3)C3=C(C(=O)CC(C)(C)C3)C2c2cccs2)cc1. The summed E-state index contributed by atoms with van der Waals surface area (Å²) in [6, 6.07) is 19.7. The van der Waals surface area contributed by atoms with Gasteiger partial charge in [-0.3, -0.25) is 15.1 Å². The molecule has 2 aromatic carbocycles. The molecule has 1 aliphatic heterocycles. The Labute approximate surface area is 210 Å². The fourth-order valence-electron chi connectivity index (χ4n) is 5.20. The summed E-state index contributed by atoms with van der Waals surface area (Å²) >= 11 is 1.56. The molecule has 0 saturated heterocycles.